The first-order valence-corrected chi connectivity index (χ1v) is 7.74. The van der Waals surface area contributed by atoms with Crippen LogP contribution < -0.4 is 10.2 Å². The predicted molar refractivity (Wildman–Crippen MR) is 97.3 cm³/mol. The molecule has 1 aliphatic rings. The van der Waals surface area contributed by atoms with Crippen molar-refractivity contribution in [2.45, 2.75) is 6.42 Å². The summed E-state index contributed by atoms with van der Waals surface area (Å²) in [6.45, 7) is 4.27. The maximum absolute atomic E-state index is 12.9. The maximum atomic E-state index is 12.9. The lowest BCUT2D eigenvalue weighted by molar-refractivity contribution is -0.120. The third-order valence-electron chi connectivity index (χ3n) is 3.80. The van der Waals surface area contributed by atoms with Crippen LogP contribution >= 0.6 is 0 Å². The average Bonchev–Trinajstić information content (AvgIpc) is 2.62. The average molecular weight is 332 g/mol. The van der Waals surface area contributed by atoms with Gasteiger partial charge in [-0.05, 0) is 35.8 Å². The first-order valence-electron chi connectivity index (χ1n) is 7.74. The third kappa shape index (κ3) is 3.75. The molecule has 0 atom stereocenters. The minimum absolute atomic E-state index is 0.0882. The molecule has 0 fully saturated rings. The van der Waals surface area contributed by atoms with E-state index in [9.17, 15) is 9.59 Å². The van der Waals surface area contributed by atoms with Crippen LogP contribution in [0.1, 0.15) is 11.3 Å². The molecule has 2 aromatic rings. The van der Waals surface area contributed by atoms with Gasteiger partial charge in [0.1, 0.15) is 17.8 Å². The highest BCUT2D eigenvalue weighted by molar-refractivity contribution is 5.66. The van der Waals surface area contributed by atoms with Crippen LogP contribution in [-0.2, 0) is 11.2 Å². The molecule has 4 heteroatoms. The summed E-state index contributed by atoms with van der Waals surface area (Å²) in [7, 11) is 0. The fourth-order valence-electron chi connectivity index (χ4n) is 2.50. The molecule has 124 valence electrons. The predicted octanol–water partition coefficient (Wildman–Crippen LogP) is 4.08. The number of allylic oxidation sites excluding steroid dienone is 6. The summed E-state index contributed by atoms with van der Waals surface area (Å²) in [6.07, 6.45) is 13.0. The van der Waals surface area contributed by atoms with Gasteiger partial charge in [-0.15, -0.1) is 0 Å². The van der Waals surface area contributed by atoms with Gasteiger partial charge in [-0.2, -0.15) is 0 Å². The van der Waals surface area contributed by atoms with Gasteiger partial charge in [-0.25, -0.2) is 0 Å². The second kappa shape index (κ2) is 7.45. The highest BCUT2D eigenvalue weighted by atomic mass is 16.5. The van der Waals surface area contributed by atoms with Crippen LogP contribution in [0.4, 0.5) is 0 Å². The molecule has 1 heterocycles. The molecule has 0 spiro atoms. The monoisotopic (exact) mass is 332 g/mol. The number of ether oxygens (including phenoxy) is 1. The summed E-state index contributed by atoms with van der Waals surface area (Å²) >= 11 is 0. The summed E-state index contributed by atoms with van der Waals surface area (Å²) in [5, 5.41) is 0. The van der Waals surface area contributed by atoms with E-state index in [1.807, 2.05) is 30.4 Å². The van der Waals surface area contributed by atoms with E-state index in [4.69, 9.17) is 9.15 Å². The molecule has 4 nitrogen and oxygen atoms in total. The SMILES string of the molecule is C=C1C=Cc2occ(-c3ccc(OC=O)cc3)c(=O)c2C/C=C\C=C/1. The van der Waals surface area contributed by atoms with E-state index in [1.165, 1.54) is 6.26 Å². The zero-order valence-electron chi connectivity index (χ0n) is 13.5. The summed E-state index contributed by atoms with van der Waals surface area (Å²) in [5.41, 5.74) is 2.47. The normalized spacial score (nSPS) is 15.9. The molecule has 0 saturated carbocycles. The number of carbonyl (C=O) groups excluding carboxylic acids is 1. The molecule has 1 aromatic carbocycles. The van der Waals surface area contributed by atoms with Gasteiger partial charge in [0, 0.05) is 5.56 Å². The molecule has 0 saturated heterocycles. The van der Waals surface area contributed by atoms with Crippen molar-refractivity contribution in [1.29, 1.82) is 0 Å². The van der Waals surface area contributed by atoms with Gasteiger partial charge in [-0.1, -0.05) is 49.1 Å². The van der Waals surface area contributed by atoms with Crippen LogP contribution in [0.5, 0.6) is 5.75 Å². The molecule has 0 bridgehead atoms. The maximum Gasteiger partial charge on any atom is 0.298 e. The summed E-state index contributed by atoms with van der Waals surface area (Å²) in [4.78, 5) is 23.3. The second-order valence-electron chi connectivity index (χ2n) is 5.46. The number of rotatable bonds is 3. The Morgan fingerprint density at radius 1 is 1.08 bits per heavy atom. The Labute approximate surface area is 145 Å². The van der Waals surface area contributed by atoms with Gasteiger partial charge in [0.25, 0.3) is 6.47 Å². The first-order chi connectivity index (χ1) is 12.2. The van der Waals surface area contributed by atoms with Crippen LogP contribution in [0, 0.1) is 0 Å². The molecule has 1 aromatic heterocycles. The Hall–Kier alpha value is -3.40. The van der Waals surface area contributed by atoms with E-state index in [2.05, 4.69) is 6.58 Å². The lowest BCUT2D eigenvalue weighted by Gasteiger charge is -2.07. The largest absolute Gasteiger partial charge is 0.464 e. The second-order valence-corrected chi connectivity index (χ2v) is 5.46. The Morgan fingerprint density at radius 2 is 1.88 bits per heavy atom. The minimum atomic E-state index is -0.0882. The topological polar surface area (TPSA) is 56.5 Å². The summed E-state index contributed by atoms with van der Waals surface area (Å²) < 4.78 is 10.5. The van der Waals surface area contributed by atoms with E-state index in [0.717, 1.165) is 5.57 Å². The van der Waals surface area contributed by atoms with Crippen LogP contribution in [0.2, 0.25) is 0 Å². The van der Waals surface area contributed by atoms with E-state index < -0.39 is 0 Å². The number of carbonyl (C=O) groups is 1. The van der Waals surface area contributed by atoms with Gasteiger partial charge in [0.2, 0.25) is 0 Å². The fourth-order valence-corrected chi connectivity index (χ4v) is 2.50. The zero-order valence-corrected chi connectivity index (χ0v) is 13.5. The van der Waals surface area contributed by atoms with E-state index in [1.54, 1.807) is 30.3 Å². The Morgan fingerprint density at radius 3 is 2.64 bits per heavy atom. The van der Waals surface area contributed by atoms with Crippen molar-refractivity contribution in [3.8, 4) is 16.9 Å². The Balaban J connectivity index is 2.05. The van der Waals surface area contributed by atoms with Crippen LogP contribution in [0.25, 0.3) is 17.2 Å². The van der Waals surface area contributed by atoms with E-state index >= 15 is 0 Å². The molecule has 0 aliphatic heterocycles. The highest BCUT2D eigenvalue weighted by Gasteiger charge is 2.13. The molecule has 0 radical (unpaired) electrons. The van der Waals surface area contributed by atoms with Gasteiger partial charge in [-0.3, -0.25) is 9.59 Å². The minimum Gasteiger partial charge on any atom is -0.464 e. The van der Waals surface area contributed by atoms with Crippen molar-refractivity contribution < 1.29 is 13.9 Å². The van der Waals surface area contributed by atoms with Crippen LogP contribution in [0.3, 0.4) is 0 Å². The molecule has 0 N–H and O–H groups in total. The van der Waals surface area contributed by atoms with Crippen molar-refractivity contribution >= 4 is 12.5 Å². The third-order valence-corrected chi connectivity index (χ3v) is 3.80. The van der Waals surface area contributed by atoms with Crippen LogP contribution in [0.15, 0.2) is 82.3 Å². The van der Waals surface area contributed by atoms with Crippen molar-refractivity contribution in [2.75, 3.05) is 0 Å². The van der Waals surface area contributed by atoms with Gasteiger partial charge < -0.3 is 9.15 Å². The van der Waals surface area contributed by atoms with Crippen molar-refractivity contribution in [3.63, 3.8) is 0 Å². The molecule has 0 amide bonds. The Kier molecular flexibility index (Phi) is 4.90. The zero-order chi connectivity index (χ0) is 17.6. The standard InChI is InChI=1S/C21H16O4/c1-15-5-3-2-4-6-18-20(12-7-15)24-13-19(21(18)23)16-8-10-17(11-9-16)25-14-22/h2-5,7-14H,1,6H2/b4-2-,5-3-,12-7?. The molecular formula is C21H16O4. The smallest absolute Gasteiger partial charge is 0.298 e. The van der Waals surface area contributed by atoms with Crippen LogP contribution in [-0.4, -0.2) is 6.47 Å². The fraction of sp³-hybridized carbons (Fsp3) is 0.0476. The van der Waals surface area contributed by atoms with Gasteiger partial charge >= 0.3 is 0 Å². The van der Waals surface area contributed by atoms with Crippen molar-refractivity contribution in [1.82, 2.24) is 0 Å². The lowest BCUT2D eigenvalue weighted by atomic mass is 10.0. The van der Waals surface area contributed by atoms with Crippen molar-refractivity contribution in [2.24, 2.45) is 0 Å². The van der Waals surface area contributed by atoms with E-state index in [0.29, 0.717) is 41.1 Å². The van der Waals surface area contributed by atoms with Crippen molar-refractivity contribution in [3.05, 3.63) is 94.6 Å². The van der Waals surface area contributed by atoms with Gasteiger partial charge in [0.15, 0.2) is 5.43 Å². The quantitative estimate of drug-likeness (QED) is 0.795. The molecule has 25 heavy (non-hydrogen) atoms. The molecule has 0 unspecified atom stereocenters. The number of hydrogen-bond acceptors (Lipinski definition) is 4. The first kappa shape index (κ1) is 16.5. The summed E-state index contributed by atoms with van der Waals surface area (Å²) in [6, 6.07) is 6.69. The van der Waals surface area contributed by atoms with E-state index in [-0.39, 0.29) is 5.43 Å². The number of hydrogen-bond donors (Lipinski definition) is 0. The molecule has 3 rings (SSSR count). The molecule has 1 aliphatic carbocycles. The number of benzene rings is 1. The Bertz CT molecular complexity index is 941. The number of fused-ring (bicyclic) bond motifs is 1. The summed E-state index contributed by atoms with van der Waals surface area (Å²) in [5.74, 6) is 0.939. The van der Waals surface area contributed by atoms with Gasteiger partial charge in [0.05, 0.1) is 5.56 Å². The lowest BCUT2D eigenvalue weighted by Crippen LogP contribution is -2.12. The highest BCUT2D eigenvalue weighted by Crippen LogP contribution is 2.22. The molecular weight excluding hydrogens is 316 g/mol.